The molecule has 0 unspecified atom stereocenters. The molecule has 0 spiro atoms. The summed E-state index contributed by atoms with van der Waals surface area (Å²) in [5.41, 5.74) is 2.58. The number of benzene rings is 1. The lowest BCUT2D eigenvalue weighted by atomic mass is 10.0. The van der Waals surface area contributed by atoms with Crippen molar-refractivity contribution in [2.45, 2.75) is 25.0 Å². The molecule has 0 amide bonds. The van der Waals surface area contributed by atoms with Gasteiger partial charge in [0.05, 0.1) is 5.56 Å². The third-order valence-electron chi connectivity index (χ3n) is 3.98. The highest BCUT2D eigenvalue weighted by Gasteiger charge is 2.25. The van der Waals surface area contributed by atoms with Crippen LogP contribution in [0.25, 0.3) is 10.9 Å². The molecule has 0 bridgehead atoms. The number of esters is 1. The second-order valence-corrected chi connectivity index (χ2v) is 6.44. The van der Waals surface area contributed by atoms with Crippen LogP contribution in [-0.2, 0) is 4.74 Å². The molecule has 25 heavy (non-hydrogen) atoms. The van der Waals surface area contributed by atoms with Crippen molar-refractivity contribution in [2.75, 3.05) is 6.26 Å². The fraction of sp³-hybridized carbons (Fsp3) is 0.211. The van der Waals surface area contributed by atoms with Gasteiger partial charge in [0.25, 0.3) is 0 Å². The summed E-state index contributed by atoms with van der Waals surface area (Å²) in [6.45, 7) is 3.44. The summed E-state index contributed by atoms with van der Waals surface area (Å²) < 4.78 is 5.41. The molecule has 1 aromatic carbocycles. The number of nitrogens with zero attached hydrogens (tertiary/aromatic N) is 1. The normalized spacial score (nSPS) is 12.1. The average Bonchev–Trinajstić information content (AvgIpc) is 2.96. The molecule has 2 aromatic heterocycles. The van der Waals surface area contributed by atoms with E-state index in [9.17, 15) is 9.59 Å². The molecule has 0 saturated carbocycles. The fourth-order valence-corrected chi connectivity index (χ4v) is 3.32. The topological polar surface area (TPSA) is 72.0 Å². The third-order valence-corrected chi connectivity index (χ3v) is 4.69. The first-order valence-corrected chi connectivity index (χ1v) is 9.07. The lowest BCUT2D eigenvalue weighted by Crippen LogP contribution is -2.25. The van der Waals surface area contributed by atoms with E-state index in [4.69, 9.17) is 4.74 Å². The van der Waals surface area contributed by atoms with Crippen LogP contribution in [0.15, 0.2) is 47.6 Å². The van der Waals surface area contributed by atoms with Gasteiger partial charge in [-0.3, -0.25) is 4.79 Å². The Bertz CT molecular complexity index is 949. The number of nitrogens with one attached hydrogen (secondary N) is 1. The number of para-hydroxylation sites is 1. The van der Waals surface area contributed by atoms with Gasteiger partial charge in [-0.2, -0.15) is 0 Å². The molecular weight excluding hydrogens is 336 g/mol. The highest BCUT2D eigenvalue weighted by molar-refractivity contribution is 7.98. The number of ketones is 1. The number of thioether (sulfide) groups is 1. The van der Waals surface area contributed by atoms with Crippen molar-refractivity contribution in [1.82, 2.24) is 9.97 Å². The predicted molar refractivity (Wildman–Crippen MR) is 98.3 cm³/mol. The van der Waals surface area contributed by atoms with Gasteiger partial charge in [-0.25, -0.2) is 9.78 Å². The molecule has 0 aliphatic carbocycles. The summed E-state index contributed by atoms with van der Waals surface area (Å²) in [4.78, 5) is 32.6. The van der Waals surface area contributed by atoms with E-state index < -0.39 is 12.1 Å². The van der Waals surface area contributed by atoms with Crippen LogP contribution in [0, 0.1) is 6.92 Å². The van der Waals surface area contributed by atoms with E-state index >= 15 is 0 Å². The van der Waals surface area contributed by atoms with E-state index in [-0.39, 0.29) is 5.78 Å². The van der Waals surface area contributed by atoms with Crippen molar-refractivity contribution in [2.24, 2.45) is 0 Å². The van der Waals surface area contributed by atoms with Crippen molar-refractivity contribution < 1.29 is 14.3 Å². The maximum Gasteiger partial charge on any atom is 0.341 e. The van der Waals surface area contributed by atoms with Gasteiger partial charge < -0.3 is 9.72 Å². The highest BCUT2D eigenvalue weighted by atomic mass is 32.2. The standard InChI is InChI=1S/C19H18N2O3S/c1-11-16(13-7-4-5-9-15(13)21-11)17(22)12(2)24-19(23)14-8-6-10-20-18(14)25-3/h4-10,12,21H,1-3H3/t12-/m1/s1. The largest absolute Gasteiger partial charge is 0.451 e. The molecule has 0 saturated heterocycles. The fourth-order valence-electron chi connectivity index (χ4n) is 2.78. The Hall–Kier alpha value is -2.60. The molecule has 6 heteroatoms. The first-order chi connectivity index (χ1) is 12.0. The number of hydrogen-bond donors (Lipinski definition) is 1. The van der Waals surface area contributed by atoms with E-state index in [1.807, 2.05) is 37.4 Å². The summed E-state index contributed by atoms with van der Waals surface area (Å²) in [5, 5.41) is 1.41. The van der Waals surface area contributed by atoms with E-state index in [0.717, 1.165) is 16.6 Å². The zero-order chi connectivity index (χ0) is 18.0. The van der Waals surface area contributed by atoms with Crippen molar-refractivity contribution in [3.8, 4) is 0 Å². The molecule has 128 valence electrons. The molecule has 0 radical (unpaired) electrons. The first-order valence-electron chi connectivity index (χ1n) is 7.84. The van der Waals surface area contributed by atoms with Gasteiger partial charge in [0.15, 0.2) is 6.10 Å². The predicted octanol–water partition coefficient (Wildman–Crippen LogP) is 4.02. The van der Waals surface area contributed by atoms with E-state index in [1.165, 1.54) is 11.8 Å². The van der Waals surface area contributed by atoms with Gasteiger partial charge in [-0.1, -0.05) is 18.2 Å². The number of aromatic nitrogens is 2. The van der Waals surface area contributed by atoms with Gasteiger partial charge >= 0.3 is 5.97 Å². The van der Waals surface area contributed by atoms with Crippen LogP contribution in [0.3, 0.4) is 0 Å². The molecule has 0 aliphatic heterocycles. The first kappa shape index (κ1) is 17.2. The SMILES string of the molecule is CSc1ncccc1C(=O)O[C@H](C)C(=O)c1c(C)[nH]c2ccccc12. The quantitative estimate of drug-likeness (QED) is 0.426. The minimum Gasteiger partial charge on any atom is -0.451 e. The van der Waals surface area contributed by atoms with Crippen LogP contribution < -0.4 is 0 Å². The van der Waals surface area contributed by atoms with Crippen LogP contribution in [0.5, 0.6) is 0 Å². The number of aromatic amines is 1. The Morgan fingerprint density at radius 2 is 1.96 bits per heavy atom. The van der Waals surface area contributed by atoms with Crippen molar-refractivity contribution >= 4 is 34.4 Å². The summed E-state index contributed by atoms with van der Waals surface area (Å²) >= 11 is 1.36. The zero-order valence-electron chi connectivity index (χ0n) is 14.2. The van der Waals surface area contributed by atoms with Gasteiger partial charge in [0, 0.05) is 28.4 Å². The number of fused-ring (bicyclic) bond motifs is 1. The molecule has 1 N–H and O–H groups in total. The molecule has 5 nitrogen and oxygen atoms in total. The third kappa shape index (κ3) is 3.30. The maximum absolute atomic E-state index is 12.8. The number of carbonyl (C=O) groups excluding carboxylic acids is 2. The molecule has 0 fully saturated rings. The van der Waals surface area contributed by atoms with Crippen molar-refractivity contribution in [3.05, 3.63) is 59.4 Å². The Labute approximate surface area is 149 Å². The van der Waals surface area contributed by atoms with E-state index in [0.29, 0.717) is 16.2 Å². The monoisotopic (exact) mass is 354 g/mol. The molecule has 2 heterocycles. The number of H-pyrrole nitrogens is 1. The van der Waals surface area contributed by atoms with Crippen LogP contribution in [0.4, 0.5) is 0 Å². The Morgan fingerprint density at radius 1 is 1.20 bits per heavy atom. The molecule has 1 atom stereocenters. The van der Waals surface area contributed by atoms with Gasteiger partial charge in [-0.05, 0) is 38.3 Å². The Kier molecular flexibility index (Phi) is 4.90. The lowest BCUT2D eigenvalue weighted by Gasteiger charge is -2.13. The molecule has 0 aliphatic rings. The maximum atomic E-state index is 12.8. The Morgan fingerprint density at radius 3 is 2.72 bits per heavy atom. The molecule has 3 aromatic rings. The number of Topliss-reactive ketones (excluding diaryl/α,β-unsaturated/α-hetero) is 1. The zero-order valence-corrected chi connectivity index (χ0v) is 15.0. The number of ether oxygens (including phenoxy) is 1. The van der Waals surface area contributed by atoms with Crippen LogP contribution in [-0.4, -0.2) is 34.1 Å². The second kappa shape index (κ2) is 7.11. The minimum atomic E-state index is -0.889. The number of rotatable bonds is 5. The van der Waals surface area contributed by atoms with E-state index in [1.54, 1.807) is 25.3 Å². The van der Waals surface area contributed by atoms with Crippen molar-refractivity contribution in [1.29, 1.82) is 0 Å². The minimum absolute atomic E-state index is 0.224. The lowest BCUT2D eigenvalue weighted by molar-refractivity contribution is 0.0315. The number of pyridine rings is 1. The number of hydrogen-bond acceptors (Lipinski definition) is 5. The molecule has 3 rings (SSSR count). The van der Waals surface area contributed by atoms with Crippen molar-refractivity contribution in [3.63, 3.8) is 0 Å². The van der Waals surface area contributed by atoms with Crippen LogP contribution in [0.1, 0.15) is 33.3 Å². The number of aryl methyl sites for hydroxylation is 1. The summed E-state index contributed by atoms with van der Waals surface area (Å²) in [6.07, 6.45) is 2.57. The van der Waals surface area contributed by atoms with E-state index in [2.05, 4.69) is 9.97 Å². The van der Waals surface area contributed by atoms with Crippen LogP contribution in [0.2, 0.25) is 0 Å². The summed E-state index contributed by atoms with van der Waals surface area (Å²) in [5.74, 6) is -0.770. The van der Waals surface area contributed by atoms with Gasteiger partial charge in [0.1, 0.15) is 5.03 Å². The molecular formula is C19H18N2O3S. The van der Waals surface area contributed by atoms with Gasteiger partial charge in [-0.15, -0.1) is 11.8 Å². The highest BCUT2D eigenvalue weighted by Crippen LogP contribution is 2.24. The average molecular weight is 354 g/mol. The van der Waals surface area contributed by atoms with Gasteiger partial charge in [0.2, 0.25) is 5.78 Å². The second-order valence-electron chi connectivity index (χ2n) is 5.64. The Balaban J connectivity index is 1.85. The smallest absolute Gasteiger partial charge is 0.341 e. The summed E-state index contributed by atoms with van der Waals surface area (Å²) in [6, 6.07) is 10.9. The van der Waals surface area contributed by atoms with Crippen LogP contribution >= 0.6 is 11.8 Å². The number of carbonyl (C=O) groups is 2. The summed E-state index contributed by atoms with van der Waals surface area (Å²) in [7, 11) is 0.